The first kappa shape index (κ1) is 13.8. The van der Waals surface area contributed by atoms with E-state index in [1.165, 1.54) is 0 Å². The maximum Gasteiger partial charge on any atom is 0.225 e. The lowest BCUT2D eigenvalue weighted by Gasteiger charge is -2.38. The molecule has 1 aliphatic carbocycles. The second-order valence-electron chi connectivity index (χ2n) is 5.95. The minimum absolute atomic E-state index is 0.165. The number of ether oxygens (including phenoxy) is 1. The van der Waals surface area contributed by atoms with Gasteiger partial charge in [0.05, 0.1) is 12.2 Å². The van der Waals surface area contributed by atoms with Crippen LogP contribution in [0.3, 0.4) is 0 Å². The molecule has 1 heterocycles. The van der Waals surface area contributed by atoms with Crippen LogP contribution in [0.2, 0.25) is 0 Å². The van der Waals surface area contributed by atoms with Crippen LogP contribution >= 0.6 is 0 Å². The molecule has 0 aromatic heterocycles. The van der Waals surface area contributed by atoms with Crippen LogP contribution in [0, 0.1) is 11.8 Å². The lowest BCUT2D eigenvalue weighted by molar-refractivity contribution is -0.148. The molecular weight excluding hydrogens is 228 g/mol. The molecule has 18 heavy (non-hydrogen) atoms. The molecule has 1 amide bonds. The minimum Gasteiger partial charge on any atom is -0.372 e. The van der Waals surface area contributed by atoms with E-state index in [-0.39, 0.29) is 18.1 Å². The monoisotopic (exact) mass is 254 g/mol. The van der Waals surface area contributed by atoms with Gasteiger partial charge in [0, 0.05) is 19.0 Å². The molecule has 2 N–H and O–H groups in total. The first-order valence-electron chi connectivity index (χ1n) is 7.24. The molecule has 0 bridgehead atoms. The summed E-state index contributed by atoms with van der Waals surface area (Å²) in [7, 11) is 0. The molecule has 0 radical (unpaired) electrons. The van der Waals surface area contributed by atoms with Crippen LogP contribution in [-0.4, -0.2) is 42.6 Å². The van der Waals surface area contributed by atoms with Crippen molar-refractivity contribution >= 4 is 5.91 Å². The lowest BCUT2D eigenvalue weighted by atomic mass is 9.81. The van der Waals surface area contributed by atoms with Gasteiger partial charge < -0.3 is 15.4 Å². The third-order valence-corrected chi connectivity index (χ3v) is 4.26. The predicted molar refractivity (Wildman–Crippen MR) is 71.1 cm³/mol. The summed E-state index contributed by atoms with van der Waals surface area (Å²) in [6.07, 6.45) is 4.59. The standard InChI is InChI=1S/C14H26N2O2/c1-10-8-16(9-11(2)18-10)14(17)13-5-3-12(7-15)4-6-13/h10-13H,3-9,15H2,1-2H3. The zero-order valence-corrected chi connectivity index (χ0v) is 11.6. The molecule has 0 aromatic rings. The molecule has 104 valence electrons. The number of hydrogen-bond acceptors (Lipinski definition) is 3. The topological polar surface area (TPSA) is 55.6 Å². The summed E-state index contributed by atoms with van der Waals surface area (Å²) in [4.78, 5) is 14.5. The van der Waals surface area contributed by atoms with Crippen molar-refractivity contribution in [2.24, 2.45) is 17.6 Å². The zero-order valence-electron chi connectivity index (χ0n) is 11.6. The molecule has 1 saturated carbocycles. The number of carbonyl (C=O) groups is 1. The Hall–Kier alpha value is -0.610. The van der Waals surface area contributed by atoms with Crippen LogP contribution in [0.4, 0.5) is 0 Å². The highest BCUT2D eigenvalue weighted by molar-refractivity contribution is 5.79. The molecule has 2 rings (SSSR count). The third-order valence-electron chi connectivity index (χ3n) is 4.26. The highest BCUT2D eigenvalue weighted by Gasteiger charge is 2.32. The van der Waals surface area contributed by atoms with Gasteiger partial charge in [-0.25, -0.2) is 0 Å². The van der Waals surface area contributed by atoms with E-state index >= 15 is 0 Å². The zero-order chi connectivity index (χ0) is 13.1. The van der Waals surface area contributed by atoms with E-state index in [2.05, 4.69) is 0 Å². The molecule has 2 unspecified atom stereocenters. The van der Waals surface area contributed by atoms with E-state index in [0.29, 0.717) is 11.8 Å². The number of rotatable bonds is 2. The number of amides is 1. The third kappa shape index (κ3) is 3.23. The van der Waals surface area contributed by atoms with Gasteiger partial charge in [-0.2, -0.15) is 0 Å². The summed E-state index contributed by atoms with van der Waals surface area (Å²) in [6.45, 7) is 6.36. The number of hydrogen-bond donors (Lipinski definition) is 1. The summed E-state index contributed by atoms with van der Waals surface area (Å²) in [5.74, 6) is 1.20. The molecule has 2 atom stereocenters. The largest absolute Gasteiger partial charge is 0.372 e. The van der Waals surface area contributed by atoms with Gasteiger partial charge in [-0.3, -0.25) is 4.79 Å². The van der Waals surface area contributed by atoms with E-state index in [4.69, 9.17) is 10.5 Å². The Labute approximate surface area is 110 Å². The van der Waals surface area contributed by atoms with E-state index in [9.17, 15) is 4.79 Å². The van der Waals surface area contributed by atoms with Crippen molar-refractivity contribution in [1.82, 2.24) is 4.90 Å². The van der Waals surface area contributed by atoms with Gasteiger partial charge in [0.15, 0.2) is 0 Å². The average Bonchev–Trinajstić information content (AvgIpc) is 2.37. The van der Waals surface area contributed by atoms with Gasteiger partial charge in [0.2, 0.25) is 5.91 Å². The van der Waals surface area contributed by atoms with Gasteiger partial charge in [0.1, 0.15) is 0 Å². The van der Waals surface area contributed by atoms with Crippen LogP contribution in [0.25, 0.3) is 0 Å². The maximum atomic E-state index is 12.5. The molecule has 1 aliphatic heterocycles. The van der Waals surface area contributed by atoms with Crippen LogP contribution in [0.1, 0.15) is 39.5 Å². The Morgan fingerprint density at radius 1 is 1.17 bits per heavy atom. The fourth-order valence-corrected chi connectivity index (χ4v) is 3.26. The Morgan fingerprint density at radius 3 is 2.22 bits per heavy atom. The van der Waals surface area contributed by atoms with E-state index < -0.39 is 0 Å². The highest BCUT2D eigenvalue weighted by Crippen LogP contribution is 2.30. The smallest absolute Gasteiger partial charge is 0.225 e. The molecule has 4 heteroatoms. The normalized spacial score (nSPS) is 37.6. The molecule has 2 fully saturated rings. The van der Waals surface area contributed by atoms with Crippen molar-refractivity contribution in [3.63, 3.8) is 0 Å². The molecule has 4 nitrogen and oxygen atoms in total. The lowest BCUT2D eigenvalue weighted by Crippen LogP contribution is -2.50. The summed E-state index contributed by atoms with van der Waals surface area (Å²) in [5, 5.41) is 0. The summed E-state index contributed by atoms with van der Waals surface area (Å²) >= 11 is 0. The van der Waals surface area contributed by atoms with E-state index in [0.717, 1.165) is 45.3 Å². The molecule has 2 aliphatic rings. The maximum absolute atomic E-state index is 12.5. The van der Waals surface area contributed by atoms with Crippen molar-refractivity contribution in [3.8, 4) is 0 Å². The van der Waals surface area contributed by atoms with E-state index in [1.807, 2.05) is 18.7 Å². The first-order chi connectivity index (χ1) is 8.60. The second-order valence-corrected chi connectivity index (χ2v) is 5.95. The summed E-state index contributed by atoms with van der Waals surface area (Å²) in [5.41, 5.74) is 5.69. The number of morpholine rings is 1. The van der Waals surface area contributed by atoms with Crippen molar-refractivity contribution in [2.45, 2.75) is 51.7 Å². The number of carbonyl (C=O) groups excluding carboxylic acids is 1. The number of nitrogens with zero attached hydrogens (tertiary/aromatic N) is 1. The van der Waals surface area contributed by atoms with Crippen molar-refractivity contribution in [1.29, 1.82) is 0 Å². The Morgan fingerprint density at radius 2 is 1.72 bits per heavy atom. The summed E-state index contributed by atoms with van der Waals surface area (Å²) in [6, 6.07) is 0. The van der Waals surface area contributed by atoms with Gasteiger partial charge in [-0.15, -0.1) is 0 Å². The van der Waals surface area contributed by atoms with E-state index in [1.54, 1.807) is 0 Å². The fraction of sp³-hybridized carbons (Fsp3) is 0.929. The summed E-state index contributed by atoms with van der Waals surface area (Å²) < 4.78 is 5.68. The molecule has 1 saturated heterocycles. The average molecular weight is 254 g/mol. The van der Waals surface area contributed by atoms with Crippen LogP contribution in [0.5, 0.6) is 0 Å². The van der Waals surface area contributed by atoms with Crippen LogP contribution in [-0.2, 0) is 9.53 Å². The van der Waals surface area contributed by atoms with Crippen molar-refractivity contribution in [2.75, 3.05) is 19.6 Å². The molecular formula is C14H26N2O2. The minimum atomic E-state index is 0.165. The van der Waals surface area contributed by atoms with Crippen molar-refractivity contribution < 1.29 is 9.53 Å². The second kappa shape index (κ2) is 6.02. The van der Waals surface area contributed by atoms with Crippen LogP contribution < -0.4 is 5.73 Å². The number of nitrogens with two attached hydrogens (primary N) is 1. The molecule has 0 aromatic carbocycles. The van der Waals surface area contributed by atoms with Crippen LogP contribution in [0.15, 0.2) is 0 Å². The van der Waals surface area contributed by atoms with Gasteiger partial charge in [-0.05, 0) is 52.0 Å². The first-order valence-corrected chi connectivity index (χ1v) is 7.24. The Balaban J connectivity index is 1.87. The Bertz CT molecular complexity index is 278. The SMILES string of the molecule is CC1CN(C(=O)C2CCC(CN)CC2)CC(C)O1. The fourth-order valence-electron chi connectivity index (χ4n) is 3.26. The quantitative estimate of drug-likeness (QED) is 0.810. The predicted octanol–water partition coefficient (Wildman–Crippen LogP) is 1.39. The highest BCUT2D eigenvalue weighted by atomic mass is 16.5. The van der Waals surface area contributed by atoms with Gasteiger partial charge in [-0.1, -0.05) is 0 Å². The van der Waals surface area contributed by atoms with Gasteiger partial charge >= 0.3 is 0 Å². The van der Waals surface area contributed by atoms with Gasteiger partial charge in [0.25, 0.3) is 0 Å². The van der Waals surface area contributed by atoms with Crippen molar-refractivity contribution in [3.05, 3.63) is 0 Å². The Kier molecular flexibility index (Phi) is 4.62. The molecule has 0 spiro atoms.